The first kappa shape index (κ1) is 26.8. The molecule has 214 valence electrons. The van der Waals surface area contributed by atoms with Crippen molar-refractivity contribution in [2.24, 2.45) is 0 Å². The molecule has 1 nitrogen and oxygen atoms in total. The van der Waals surface area contributed by atoms with Crippen molar-refractivity contribution < 1.29 is 0 Å². The highest BCUT2D eigenvalue weighted by atomic mass is 32.1. The fourth-order valence-electron chi connectivity index (χ4n) is 6.74. The highest BCUT2D eigenvalue weighted by molar-refractivity contribution is 7.26. The third kappa shape index (κ3) is 4.43. The molecule has 0 N–H and O–H groups in total. The van der Waals surface area contributed by atoms with Crippen molar-refractivity contribution in [3.8, 4) is 50.6 Å². The van der Waals surface area contributed by atoms with Crippen molar-refractivity contribution in [1.29, 1.82) is 5.26 Å². The molecule has 0 aliphatic carbocycles. The minimum absolute atomic E-state index is 0.682. The summed E-state index contributed by atoms with van der Waals surface area (Å²) in [5.41, 5.74) is 9.78. The molecule has 0 spiro atoms. The Morgan fingerprint density at radius 1 is 0.370 bits per heavy atom. The highest BCUT2D eigenvalue weighted by Crippen LogP contribution is 2.43. The van der Waals surface area contributed by atoms with Crippen molar-refractivity contribution in [2.45, 2.75) is 0 Å². The summed E-state index contributed by atoms with van der Waals surface area (Å²) in [6.45, 7) is 0. The number of benzene rings is 7. The molecule has 0 atom stereocenters. The molecule has 0 unspecified atom stereocenters. The summed E-state index contributed by atoms with van der Waals surface area (Å²) in [5.74, 6) is 0. The quantitative estimate of drug-likeness (QED) is 0.192. The second-order valence-corrected chi connectivity index (χ2v) is 13.8. The van der Waals surface area contributed by atoms with Crippen molar-refractivity contribution in [3.05, 3.63) is 157 Å². The van der Waals surface area contributed by atoms with Gasteiger partial charge in [0.1, 0.15) is 0 Å². The Bertz CT molecular complexity index is 2670. The van der Waals surface area contributed by atoms with Crippen molar-refractivity contribution in [1.82, 2.24) is 0 Å². The Kier molecular flexibility index (Phi) is 6.31. The third-order valence-electron chi connectivity index (χ3n) is 8.91. The van der Waals surface area contributed by atoms with Gasteiger partial charge in [0.2, 0.25) is 0 Å². The van der Waals surface area contributed by atoms with Gasteiger partial charge in [0.15, 0.2) is 0 Å². The lowest BCUT2D eigenvalue weighted by atomic mass is 9.90. The van der Waals surface area contributed by atoms with Crippen LogP contribution in [-0.2, 0) is 0 Å². The van der Waals surface area contributed by atoms with E-state index >= 15 is 0 Å². The zero-order valence-corrected chi connectivity index (χ0v) is 26.3. The van der Waals surface area contributed by atoms with Crippen LogP contribution < -0.4 is 0 Å². The van der Waals surface area contributed by atoms with Crippen molar-refractivity contribution in [3.63, 3.8) is 0 Å². The van der Waals surface area contributed by atoms with E-state index in [2.05, 4.69) is 133 Å². The topological polar surface area (TPSA) is 23.8 Å². The van der Waals surface area contributed by atoms with Crippen LogP contribution in [0.1, 0.15) is 5.56 Å². The molecule has 0 saturated carbocycles. The predicted molar refractivity (Wildman–Crippen MR) is 199 cm³/mol. The van der Waals surface area contributed by atoms with Crippen LogP contribution in [0.15, 0.2) is 152 Å². The Morgan fingerprint density at radius 2 is 0.935 bits per heavy atom. The summed E-state index contributed by atoms with van der Waals surface area (Å²) >= 11 is 3.71. The third-order valence-corrected chi connectivity index (χ3v) is 11.2. The van der Waals surface area contributed by atoms with E-state index in [-0.39, 0.29) is 0 Å². The Morgan fingerprint density at radius 3 is 1.78 bits per heavy atom. The maximum Gasteiger partial charge on any atom is 0.0998 e. The highest BCUT2D eigenvalue weighted by Gasteiger charge is 2.15. The van der Waals surface area contributed by atoms with E-state index < -0.39 is 0 Å². The van der Waals surface area contributed by atoms with Crippen LogP contribution in [0.3, 0.4) is 0 Å². The first-order valence-corrected chi connectivity index (χ1v) is 16.9. The zero-order chi connectivity index (χ0) is 30.6. The number of rotatable bonds is 4. The monoisotopic (exact) mass is 619 g/mol. The molecule has 0 fully saturated rings. The first-order valence-electron chi connectivity index (χ1n) is 15.3. The van der Waals surface area contributed by atoms with Gasteiger partial charge in [0.05, 0.1) is 11.6 Å². The van der Waals surface area contributed by atoms with Gasteiger partial charge in [0.25, 0.3) is 0 Å². The van der Waals surface area contributed by atoms with E-state index in [4.69, 9.17) is 0 Å². The smallest absolute Gasteiger partial charge is 0.0998 e. The maximum atomic E-state index is 9.81. The summed E-state index contributed by atoms with van der Waals surface area (Å²) in [6.07, 6.45) is 0. The van der Waals surface area contributed by atoms with Gasteiger partial charge in [-0.15, -0.1) is 22.7 Å². The summed E-state index contributed by atoms with van der Waals surface area (Å²) in [6, 6.07) is 56.8. The van der Waals surface area contributed by atoms with E-state index in [0.29, 0.717) is 5.56 Å². The lowest BCUT2D eigenvalue weighted by molar-refractivity contribution is 1.48. The van der Waals surface area contributed by atoms with Gasteiger partial charge in [0, 0.05) is 40.3 Å². The van der Waals surface area contributed by atoms with E-state index in [1.165, 1.54) is 62.6 Å². The van der Waals surface area contributed by atoms with Gasteiger partial charge >= 0.3 is 0 Å². The van der Waals surface area contributed by atoms with Crippen LogP contribution >= 0.6 is 22.7 Å². The summed E-state index contributed by atoms with van der Waals surface area (Å²) in [5, 5.41) is 15.0. The minimum atomic E-state index is 0.682. The molecule has 0 amide bonds. The van der Waals surface area contributed by atoms with Crippen molar-refractivity contribution in [2.75, 3.05) is 0 Å². The molecular formula is C43H25NS2. The van der Waals surface area contributed by atoms with E-state index in [1.807, 2.05) is 46.9 Å². The molecule has 0 aliphatic rings. The fourth-order valence-corrected chi connectivity index (χ4v) is 9.01. The second-order valence-electron chi connectivity index (χ2n) is 11.6. The number of thiophene rings is 2. The van der Waals surface area contributed by atoms with Gasteiger partial charge < -0.3 is 0 Å². The SMILES string of the molecule is N#Cc1ccccc1-c1cccc(-c2cc(-c3ccc4c(c3)sc3ccccc34)cc(-c3cccc4sc5ccccc5c34)c2)c1. The Labute approximate surface area is 274 Å². The van der Waals surface area contributed by atoms with Gasteiger partial charge in [-0.25, -0.2) is 0 Å². The molecule has 9 rings (SSSR count). The summed E-state index contributed by atoms with van der Waals surface area (Å²) < 4.78 is 5.22. The molecular weight excluding hydrogens is 595 g/mol. The number of nitrogens with zero attached hydrogens (tertiary/aromatic N) is 1. The van der Waals surface area contributed by atoms with Crippen LogP contribution in [0.25, 0.3) is 84.9 Å². The van der Waals surface area contributed by atoms with Crippen LogP contribution in [0.5, 0.6) is 0 Å². The summed E-state index contributed by atoms with van der Waals surface area (Å²) in [7, 11) is 0. The second kappa shape index (κ2) is 10.8. The molecule has 0 aliphatic heterocycles. The van der Waals surface area contributed by atoms with Gasteiger partial charge in [-0.05, 0) is 99.1 Å². The Hall–Kier alpha value is -5.53. The molecule has 2 aromatic heterocycles. The molecule has 0 radical (unpaired) electrons. The van der Waals surface area contributed by atoms with Gasteiger partial charge in [-0.3, -0.25) is 0 Å². The van der Waals surface area contributed by atoms with E-state index in [1.54, 1.807) is 0 Å². The molecule has 2 heterocycles. The Balaban J connectivity index is 1.28. The van der Waals surface area contributed by atoms with Crippen LogP contribution in [0.2, 0.25) is 0 Å². The number of nitriles is 1. The fraction of sp³-hybridized carbons (Fsp3) is 0. The lowest BCUT2D eigenvalue weighted by Gasteiger charge is -2.14. The number of hydrogen-bond acceptors (Lipinski definition) is 3. The molecule has 0 bridgehead atoms. The zero-order valence-electron chi connectivity index (χ0n) is 24.7. The van der Waals surface area contributed by atoms with Gasteiger partial charge in [-0.1, -0.05) is 97.1 Å². The average molecular weight is 620 g/mol. The lowest BCUT2D eigenvalue weighted by Crippen LogP contribution is -1.88. The average Bonchev–Trinajstić information content (AvgIpc) is 3.69. The first-order chi connectivity index (χ1) is 22.7. The molecule has 0 saturated heterocycles. The molecule has 7 aromatic carbocycles. The summed E-state index contributed by atoms with van der Waals surface area (Å²) in [4.78, 5) is 0. The van der Waals surface area contributed by atoms with Crippen LogP contribution in [0, 0.1) is 11.3 Å². The number of fused-ring (bicyclic) bond motifs is 6. The predicted octanol–water partition coefficient (Wildman–Crippen LogP) is 13.0. The normalized spacial score (nSPS) is 11.5. The molecule has 9 aromatic rings. The van der Waals surface area contributed by atoms with Crippen molar-refractivity contribution >= 4 is 63.0 Å². The minimum Gasteiger partial charge on any atom is -0.192 e. The van der Waals surface area contributed by atoms with E-state index in [9.17, 15) is 5.26 Å². The largest absolute Gasteiger partial charge is 0.192 e. The van der Waals surface area contributed by atoms with Crippen LogP contribution in [0.4, 0.5) is 0 Å². The number of hydrogen-bond donors (Lipinski definition) is 0. The molecule has 46 heavy (non-hydrogen) atoms. The standard InChI is InChI=1S/C43H25NS2/c44-26-30-9-1-2-12-34(30)29-11-7-10-27(21-29)31-22-32(28-19-20-37-36-13-3-5-16-39(36)46-42(37)25-28)24-33(23-31)35-15-8-18-41-43(35)38-14-4-6-17-40(38)45-41/h1-25H. The molecule has 3 heteroatoms. The van der Waals surface area contributed by atoms with Crippen LogP contribution in [-0.4, -0.2) is 0 Å². The van der Waals surface area contributed by atoms with E-state index in [0.717, 1.165) is 22.3 Å². The maximum absolute atomic E-state index is 9.81. The van der Waals surface area contributed by atoms with Gasteiger partial charge in [-0.2, -0.15) is 5.26 Å².